The number of hydrogen-bond acceptors (Lipinski definition) is 1. The van der Waals surface area contributed by atoms with E-state index in [-0.39, 0.29) is 0 Å². The molecule has 1 atom stereocenters. The molecule has 94 valence electrons. The van der Waals surface area contributed by atoms with Crippen molar-refractivity contribution in [1.29, 1.82) is 0 Å². The lowest BCUT2D eigenvalue weighted by Gasteiger charge is -2.30. The molecule has 1 aromatic rings. The summed E-state index contributed by atoms with van der Waals surface area (Å²) in [5.74, 6) is 1.57. The highest BCUT2D eigenvalue weighted by Crippen LogP contribution is 2.37. The predicted molar refractivity (Wildman–Crippen MR) is 74.2 cm³/mol. The number of hydrogen-bond donors (Lipinski definition) is 1. The largest absolute Gasteiger partial charge is 0.330 e. The molecule has 0 bridgehead atoms. The Hall–Kier alpha value is -0.820. The molecule has 1 fully saturated rings. The van der Waals surface area contributed by atoms with E-state index in [4.69, 9.17) is 5.73 Å². The average Bonchev–Trinajstić information content (AvgIpc) is 2.38. The third-order valence-corrected chi connectivity index (χ3v) is 4.20. The van der Waals surface area contributed by atoms with Gasteiger partial charge in [0, 0.05) is 0 Å². The van der Waals surface area contributed by atoms with Crippen molar-refractivity contribution in [3.8, 4) is 0 Å². The lowest BCUT2D eigenvalue weighted by molar-refractivity contribution is 0.296. The second-order valence-electron chi connectivity index (χ2n) is 5.49. The third kappa shape index (κ3) is 3.32. The zero-order valence-electron chi connectivity index (χ0n) is 11.0. The number of aryl methyl sites for hydroxylation is 1. The Kier molecular flexibility index (Phi) is 4.61. The molecule has 0 radical (unpaired) electrons. The fourth-order valence-corrected chi connectivity index (χ4v) is 3.20. The fraction of sp³-hybridized carbons (Fsp3) is 0.625. The van der Waals surface area contributed by atoms with Crippen LogP contribution in [0.2, 0.25) is 0 Å². The summed E-state index contributed by atoms with van der Waals surface area (Å²) >= 11 is 0. The first-order valence-electron chi connectivity index (χ1n) is 7.08. The lowest BCUT2D eigenvalue weighted by Crippen LogP contribution is -2.19. The summed E-state index contributed by atoms with van der Waals surface area (Å²) in [4.78, 5) is 0. The van der Waals surface area contributed by atoms with Crippen LogP contribution in [0.3, 0.4) is 0 Å². The van der Waals surface area contributed by atoms with Gasteiger partial charge in [0.2, 0.25) is 0 Å². The van der Waals surface area contributed by atoms with Crippen molar-refractivity contribution < 1.29 is 0 Å². The van der Waals surface area contributed by atoms with Gasteiger partial charge in [-0.3, -0.25) is 0 Å². The fourth-order valence-electron chi connectivity index (χ4n) is 3.20. The summed E-state index contributed by atoms with van der Waals surface area (Å²) in [5.41, 5.74) is 8.66. The number of nitrogens with two attached hydrogens (primary N) is 1. The van der Waals surface area contributed by atoms with Crippen molar-refractivity contribution in [2.24, 2.45) is 11.7 Å². The maximum absolute atomic E-state index is 5.80. The van der Waals surface area contributed by atoms with E-state index >= 15 is 0 Å². The first-order valence-corrected chi connectivity index (χ1v) is 7.08. The van der Waals surface area contributed by atoms with Crippen molar-refractivity contribution in [3.63, 3.8) is 0 Å². The van der Waals surface area contributed by atoms with Gasteiger partial charge in [0.15, 0.2) is 0 Å². The second-order valence-corrected chi connectivity index (χ2v) is 5.49. The minimum Gasteiger partial charge on any atom is -0.330 e. The molecule has 17 heavy (non-hydrogen) atoms. The van der Waals surface area contributed by atoms with Gasteiger partial charge in [-0.25, -0.2) is 0 Å². The van der Waals surface area contributed by atoms with Crippen molar-refractivity contribution >= 4 is 0 Å². The van der Waals surface area contributed by atoms with E-state index in [0.29, 0.717) is 5.92 Å². The van der Waals surface area contributed by atoms with Gasteiger partial charge in [-0.15, -0.1) is 0 Å². The van der Waals surface area contributed by atoms with Gasteiger partial charge in [0.25, 0.3) is 0 Å². The van der Waals surface area contributed by atoms with Crippen LogP contribution in [0.4, 0.5) is 0 Å². The van der Waals surface area contributed by atoms with E-state index in [0.717, 1.165) is 18.9 Å². The molecule has 0 spiro atoms. The Morgan fingerprint density at radius 2 is 1.76 bits per heavy atom. The van der Waals surface area contributed by atoms with Crippen LogP contribution in [0, 0.1) is 12.8 Å². The average molecular weight is 231 g/mol. The molecule has 1 saturated carbocycles. The Labute approximate surface area is 105 Å². The van der Waals surface area contributed by atoms with Gasteiger partial charge < -0.3 is 5.73 Å². The highest BCUT2D eigenvalue weighted by Gasteiger charge is 2.24. The summed E-state index contributed by atoms with van der Waals surface area (Å²) < 4.78 is 0. The van der Waals surface area contributed by atoms with Crippen LogP contribution in [0.25, 0.3) is 0 Å². The summed E-state index contributed by atoms with van der Waals surface area (Å²) in [6, 6.07) is 9.10. The van der Waals surface area contributed by atoms with Crippen molar-refractivity contribution in [2.75, 3.05) is 6.54 Å². The summed E-state index contributed by atoms with van der Waals surface area (Å²) in [6.45, 7) is 2.97. The Bertz CT molecular complexity index is 322. The van der Waals surface area contributed by atoms with Crippen LogP contribution in [-0.4, -0.2) is 6.54 Å². The summed E-state index contributed by atoms with van der Waals surface area (Å²) in [6.07, 6.45) is 8.21. The van der Waals surface area contributed by atoms with Crippen LogP contribution in [-0.2, 0) is 0 Å². The van der Waals surface area contributed by atoms with E-state index in [1.165, 1.54) is 43.2 Å². The van der Waals surface area contributed by atoms with Crippen LogP contribution in [0.1, 0.15) is 55.6 Å². The Morgan fingerprint density at radius 1 is 1.12 bits per heavy atom. The van der Waals surface area contributed by atoms with E-state index in [2.05, 4.69) is 31.2 Å². The third-order valence-electron chi connectivity index (χ3n) is 4.20. The van der Waals surface area contributed by atoms with Gasteiger partial charge in [0.1, 0.15) is 0 Å². The van der Waals surface area contributed by atoms with Gasteiger partial charge in [0.05, 0.1) is 0 Å². The maximum Gasteiger partial charge on any atom is -0.00713 e. The normalized spacial score (nSPS) is 19.2. The van der Waals surface area contributed by atoms with Gasteiger partial charge >= 0.3 is 0 Å². The van der Waals surface area contributed by atoms with Crippen molar-refractivity contribution in [1.82, 2.24) is 0 Å². The van der Waals surface area contributed by atoms with Crippen LogP contribution >= 0.6 is 0 Å². The van der Waals surface area contributed by atoms with Crippen molar-refractivity contribution in [2.45, 2.75) is 51.4 Å². The van der Waals surface area contributed by atoms with Gasteiger partial charge in [-0.2, -0.15) is 0 Å². The molecule has 0 aromatic heterocycles. The van der Waals surface area contributed by atoms with E-state index in [9.17, 15) is 0 Å². The first kappa shape index (κ1) is 12.6. The van der Waals surface area contributed by atoms with Crippen molar-refractivity contribution in [3.05, 3.63) is 35.4 Å². The molecular weight excluding hydrogens is 206 g/mol. The molecule has 2 rings (SSSR count). The predicted octanol–water partition coefficient (Wildman–Crippen LogP) is 4.01. The van der Waals surface area contributed by atoms with Crippen LogP contribution < -0.4 is 5.73 Å². The minimum atomic E-state index is 0.695. The van der Waals surface area contributed by atoms with Crippen LogP contribution in [0.5, 0.6) is 0 Å². The molecule has 1 nitrogen and oxygen atoms in total. The van der Waals surface area contributed by atoms with Gasteiger partial charge in [-0.1, -0.05) is 49.1 Å². The minimum absolute atomic E-state index is 0.695. The van der Waals surface area contributed by atoms with E-state index < -0.39 is 0 Å². The molecular formula is C16H25N. The second kappa shape index (κ2) is 6.20. The maximum atomic E-state index is 5.80. The topological polar surface area (TPSA) is 26.0 Å². The summed E-state index contributed by atoms with van der Waals surface area (Å²) in [5, 5.41) is 0. The monoisotopic (exact) mass is 231 g/mol. The standard InChI is InChI=1S/C16H25N/c1-13-7-9-15(10-8-13)16(11-12-17)14-5-3-2-4-6-14/h7-10,14,16H,2-6,11-12,17H2,1H3. The molecule has 1 aliphatic rings. The molecule has 1 aromatic carbocycles. The zero-order chi connectivity index (χ0) is 12.1. The van der Waals surface area contributed by atoms with Crippen LogP contribution in [0.15, 0.2) is 24.3 Å². The quantitative estimate of drug-likeness (QED) is 0.832. The molecule has 0 heterocycles. The van der Waals surface area contributed by atoms with Gasteiger partial charge in [-0.05, 0) is 50.1 Å². The van der Waals surface area contributed by atoms with E-state index in [1.807, 2.05) is 0 Å². The molecule has 0 saturated heterocycles. The SMILES string of the molecule is Cc1ccc(C(CCN)C2CCCCC2)cc1. The molecule has 0 aliphatic heterocycles. The summed E-state index contributed by atoms with van der Waals surface area (Å²) in [7, 11) is 0. The number of rotatable bonds is 4. The smallest absolute Gasteiger partial charge is 0.00713 e. The molecule has 0 amide bonds. The Morgan fingerprint density at radius 3 is 2.35 bits per heavy atom. The highest BCUT2D eigenvalue weighted by atomic mass is 14.5. The zero-order valence-corrected chi connectivity index (χ0v) is 11.0. The highest BCUT2D eigenvalue weighted by molar-refractivity contribution is 5.25. The van der Waals surface area contributed by atoms with E-state index in [1.54, 1.807) is 0 Å². The Balaban J connectivity index is 2.12. The number of benzene rings is 1. The molecule has 1 unspecified atom stereocenters. The molecule has 1 heteroatoms. The molecule has 2 N–H and O–H groups in total. The lowest BCUT2D eigenvalue weighted by atomic mass is 9.75. The first-order chi connectivity index (χ1) is 8.31. The molecule has 1 aliphatic carbocycles.